The van der Waals surface area contributed by atoms with E-state index in [0.717, 1.165) is 50.4 Å². The minimum Gasteiger partial charge on any atom is -0.491 e. The molecule has 2 aliphatic rings. The Labute approximate surface area is 171 Å². The van der Waals surface area contributed by atoms with E-state index in [-0.39, 0.29) is 18.1 Å². The summed E-state index contributed by atoms with van der Waals surface area (Å²) in [6.45, 7) is 2.70. The van der Waals surface area contributed by atoms with Crippen LogP contribution in [0.5, 0.6) is 11.5 Å². The number of hydrogen-bond acceptors (Lipinski definition) is 5. The van der Waals surface area contributed by atoms with Crippen LogP contribution in [0.1, 0.15) is 36.0 Å². The van der Waals surface area contributed by atoms with Crippen molar-refractivity contribution in [3.05, 3.63) is 54.1 Å². The van der Waals surface area contributed by atoms with E-state index >= 15 is 0 Å². The van der Waals surface area contributed by atoms with Gasteiger partial charge in [0.1, 0.15) is 24.7 Å². The Morgan fingerprint density at radius 2 is 1.55 bits per heavy atom. The molecule has 0 spiro atoms. The molecule has 2 heterocycles. The van der Waals surface area contributed by atoms with Crippen molar-refractivity contribution >= 4 is 11.6 Å². The van der Waals surface area contributed by atoms with Crippen molar-refractivity contribution in [3.8, 4) is 11.5 Å². The second-order valence-electron chi connectivity index (χ2n) is 7.40. The van der Waals surface area contributed by atoms with Gasteiger partial charge >= 0.3 is 0 Å². The summed E-state index contributed by atoms with van der Waals surface area (Å²) < 4.78 is 22.7. The minimum absolute atomic E-state index is 0.161. The van der Waals surface area contributed by atoms with Gasteiger partial charge in [0.25, 0.3) is 5.91 Å². The Bertz CT molecular complexity index is 795. The number of rotatable bonds is 8. The maximum Gasteiger partial charge on any atom is 0.255 e. The van der Waals surface area contributed by atoms with Crippen LogP contribution in [0.3, 0.4) is 0 Å². The van der Waals surface area contributed by atoms with Gasteiger partial charge in [0.15, 0.2) is 0 Å². The van der Waals surface area contributed by atoms with E-state index in [9.17, 15) is 4.79 Å². The van der Waals surface area contributed by atoms with Gasteiger partial charge in [-0.05, 0) is 62.1 Å². The van der Waals surface area contributed by atoms with Gasteiger partial charge in [0.2, 0.25) is 0 Å². The van der Waals surface area contributed by atoms with Crippen molar-refractivity contribution in [2.45, 2.75) is 37.9 Å². The number of amides is 1. The third kappa shape index (κ3) is 5.71. The summed E-state index contributed by atoms with van der Waals surface area (Å²) in [6.07, 6.45) is 4.58. The van der Waals surface area contributed by atoms with Gasteiger partial charge in [0, 0.05) is 30.5 Å². The van der Waals surface area contributed by atoms with E-state index in [4.69, 9.17) is 18.9 Å². The van der Waals surface area contributed by atoms with E-state index < -0.39 is 0 Å². The molecule has 2 aromatic rings. The first-order chi connectivity index (χ1) is 14.3. The molecule has 0 saturated carbocycles. The SMILES string of the molecule is O=C(Nc1cccc(OCC2CCCO2)c1)c1ccc(OCC2CCCO2)cc1. The lowest BCUT2D eigenvalue weighted by Gasteiger charge is -2.13. The fourth-order valence-electron chi connectivity index (χ4n) is 3.50. The molecule has 2 aliphatic heterocycles. The lowest BCUT2D eigenvalue weighted by atomic mass is 10.2. The lowest BCUT2D eigenvalue weighted by Crippen LogP contribution is -2.17. The third-order valence-corrected chi connectivity index (χ3v) is 5.13. The van der Waals surface area contributed by atoms with Crippen molar-refractivity contribution in [1.82, 2.24) is 0 Å². The monoisotopic (exact) mass is 397 g/mol. The van der Waals surface area contributed by atoms with Crippen LogP contribution in [-0.2, 0) is 9.47 Å². The molecule has 6 nitrogen and oxygen atoms in total. The van der Waals surface area contributed by atoms with Gasteiger partial charge in [-0.1, -0.05) is 6.07 Å². The number of hydrogen-bond donors (Lipinski definition) is 1. The van der Waals surface area contributed by atoms with Gasteiger partial charge in [0.05, 0.1) is 12.2 Å². The number of carbonyl (C=O) groups is 1. The van der Waals surface area contributed by atoms with Gasteiger partial charge in [-0.25, -0.2) is 0 Å². The summed E-state index contributed by atoms with van der Waals surface area (Å²) in [4.78, 5) is 12.5. The van der Waals surface area contributed by atoms with E-state index in [1.165, 1.54) is 0 Å². The molecule has 0 aliphatic carbocycles. The van der Waals surface area contributed by atoms with Gasteiger partial charge in [-0.3, -0.25) is 4.79 Å². The summed E-state index contributed by atoms with van der Waals surface area (Å²) >= 11 is 0. The summed E-state index contributed by atoms with van der Waals surface area (Å²) in [5.41, 5.74) is 1.26. The highest BCUT2D eigenvalue weighted by Crippen LogP contribution is 2.21. The van der Waals surface area contributed by atoms with Crippen LogP contribution in [0.4, 0.5) is 5.69 Å². The molecule has 2 saturated heterocycles. The summed E-state index contributed by atoms with van der Waals surface area (Å²) in [6, 6.07) is 14.6. The summed E-state index contributed by atoms with van der Waals surface area (Å²) in [7, 11) is 0. The van der Waals surface area contributed by atoms with Crippen LogP contribution in [0.2, 0.25) is 0 Å². The Kier molecular flexibility index (Phi) is 6.64. The molecule has 6 heteroatoms. The molecular formula is C23H27NO5. The van der Waals surface area contributed by atoms with Crippen LogP contribution >= 0.6 is 0 Å². The molecule has 2 fully saturated rings. The molecule has 2 aromatic carbocycles. The standard InChI is InChI=1S/C23H27NO5/c25-23(17-8-10-19(11-9-17)28-15-21-6-2-12-26-21)24-18-4-1-5-20(14-18)29-16-22-7-3-13-27-22/h1,4-5,8-11,14,21-22H,2-3,6-7,12-13,15-16H2,(H,24,25). The Morgan fingerprint density at radius 1 is 0.897 bits per heavy atom. The second kappa shape index (κ2) is 9.76. The number of carbonyl (C=O) groups excluding carboxylic acids is 1. The van der Waals surface area contributed by atoms with Crippen LogP contribution in [-0.4, -0.2) is 44.5 Å². The van der Waals surface area contributed by atoms with Crippen molar-refractivity contribution < 1.29 is 23.7 Å². The number of nitrogens with one attached hydrogen (secondary N) is 1. The van der Waals surface area contributed by atoms with Crippen LogP contribution < -0.4 is 14.8 Å². The first-order valence-electron chi connectivity index (χ1n) is 10.3. The molecule has 0 radical (unpaired) electrons. The Balaban J connectivity index is 1.28. The average molecular weight is 397 g/mol. The number of ether oxygens (including phenoxy) is 4. The maximum absolute atomic E-state index is 12.5. The highest BCUT2D eigenvalue weighted by molar-refractivity contribution is 6.04. The highest BCUT2D eigenvalue weighted by atomic mass is 16.5. The summed E-state index contributed by atoms with van der Waals surface area (Å²) in [5, 5.41) is 2.91. The molecule has 0 bridgehead atoms. The van der Waals surface area contributed by atoms with E-state index in [1.54, 1.807) is 12.1 Å². The van der Waals surface area contributed by atoms with Crippen LogP contribution in [0, 0.1) is 0 Å². The quantitative estimate of drug-likeness (QED) is 0.728. The van der Waals surface area contributed by atoms with Crippen molar-refractivity contribution in [1.29, 1.82) is 0 Å². The van der Waals surface area contributed by atoms with Crippen molar-refractivity contribution in [3.63, 3.8) is 0 Å². The molecule has 29 heavy (non-hydrogen) atoms. The van der Waals surface area contributed by atoms with E-state index in [1.807, 2.05) is 36.4 Å². The molecule has 1 amide bonds. The average Bonchev–Trinajstić information content (AvgIpc) is 3.45. The second-order valence-corrected chi connectivity index (χ2v) is 7.40. The fraction of sp³-hybridized carbons (Fsp3) is 0.435. The predicted octanol–water partition coefficient (Wildman–Crippen LogP) is 4.05. The van der Waals surface area contributed by atoms with E-state index in [0.29, 0.717) is 24.5 Å². The molecule has 2 atom stereocenters. The predicted molar refractivity (Wildman–Crippen MR) is 110 cm³/mol. The lowest BCUT2D eigenvalue weighted by molar-refractivity contribution is 0.0679. The maximum atomic E-state index is 12.5. The normalized spacial score (nSPS) is 21.1. The zero-order chi connectivity index (χ0) is 19.9. The number of benzene rings is 2. The fourth-order valence-corrected chi connectivity index (χ4v) is 3.50. The Morgan fingerprint density at radius 3 is 2.17 bits per heavy atom. The van der Waals surface area contributed by atoms with Gasteiger partial charge in [-0.2, -0.15) is 0 Å². The topological polar surface area (TPSA) is 66.0 Å². The van der Waals surface area contributed by atoms with Crippen molar-refractivity contribution in [2.24, 2.45) is 0 Å². The zero-order valence-electron chi connectivity index (χ0n) is 16.5. The molecule has 0 aromatic heterocycles. The third-order valence-electron chi connectivity index (χ3n) is 5.13. The smallest absolute Gasteiger partial charge is 0.255 e. The van der Waals surface area contributed by atoms with Gasteiger partial charge in [-0.15, -0.1) is 0 Å². The molecule has 154 valence electrons. The number of anilines is 1. The molecular weight excluding hydrogens is 370 g/mol. The minimum atomic E-state index is -0.174. The Hall–Kier alpha value is -2.57. The molecule has 4 rings (SSSR count). The summed E-state index contributed by atoms with van der Waals surface area (Å²) in [5.74, 6) is 1.28. The molecule has 1 N–H and O–H groups in total. The van der Waals surface area contributed by atoms with E-state index in [2.05, 4.69) is 5.32 Å². The first kappa shape index (κ1) is 19.7. The molecule has 2 unspecified atom stereocenters. The van der Waals surface area contributed by atoms with Crippen molar-refractivity contribution in [2.75, 3.05) is 31.7 Å². The van der Waals surface area contributed by atoms with Gasteiger partial charge < -0.3 is 24.3 Å². The van der Waals surface area contributed by atoms with Crippen LogP contribution in [0.25, 0.3) is 0 Å². The highest BCUT2D eigenvalue weighted by Gasteiger charge is 2.17. The first-order valence-corrected chi connectivity index (χ1v) is 10.3. The zero-order valence-corrected chi connectivity index (χ0v) is 16.5. The van der Waals surface area contributed by atoms with Crippen LogP contribution in [0.15, 0.2) is 48.5 Å². The largest absolute Gasteiger partial charge is 0.491 e.